The average Bonchev–Trinajstić information content (AvgIpc) is 2.79. The van der Waals surface area contributed by atoms with Gasteiger partial charge in [-0.25, -0.2) is 4.68 Å². The van der Waals surface area contributed by atoms with Crippen LogP contribution in [0.3, 0.4) is 0 Å². The summed E-state index contributed by atoms with van der Waals surface area (Å²) in [6, 6.07) is 14.1. The summed E-state index contributed by atoms with van der Waals surface area (Å²) >= 11 is 6.00. The van der Waals surface area contributed by atoms with Crippen molar-refractivity contribution in [2.24, 2.45) is 0 Å². The molecular formula is C25H27ClN4O3. The lowest BCUT2D eigenvalue weighted by Crippen LogP contribution is -2.54. The second-order valence-electron chi connectivity index (χ2n) is 8.48. The van der Waals surface area contributed by atoms with Crippen LogP contribution in [-0.2, 0) is 16.8 Å². The van der Waals surface area contributed by atoms with Gasteiger partial charge in [0.15, 0.2) is 5.69 Å². The molecule has 3 aromatic rings. The molecule has 2 N–H and O–H groups in total. The van der Waals surface area contributed by atoms with Gasteiger partial charge in [0, 0.05) is 17.0 Å². The third-order valence-electron chi connectivity index (χ3n) is 6.38. The Morgan fingerprint density at radius 2 is 1.73 bits per heavy atom. The summed E-state index contributed by atoms with van der Waals surface area (Å²) < 4.78 is 1.34. The highest BCUT2D eigenvalue weighted by atomic mass is 35.5. The van der Waals surface area contributed by atoms with E-state index in [1.165, 1.54) is 4.68 Å². The molecule has 1 fully saturated rings. The number of hydrogen-bond acceptors (Lipinski definition) is 4. The van der Waals surface area contributed by atoms with Crippen molar-refractivity contribution in [1.82, 2.24) is 20.6 Å². The van der Waals surface area contributed by atoms with Gasteiger partial charge in [-0.1, -0.05) is 68.1 Å². The van der Waals surface area contributed by atoms with E-state index in [-0.39, 0.29) is 17.2 Å². The number of hydrogen-bond donors (Lipinski definition) is 2. The predicted molar refractivity (Wildman–Crippen MR) is 128 cm³/mol. The van der Waals surface area contributed by atoms with Crippen LogP contribution in [0.5, 0.6) is 0 Å². The highest BCUT2D eigenvalue weighted by Gasteiger charge is 2.45. The van der Waals surface area contributed by atoms with Crippen molar-refractivity contribution in [2.75, 3.05) is 0 Å². The molecule has 1 aliphatic carbocycles. The molecule has 7 nitrogen and oxygen atoms in total. The van der Waals surface area contributed by atoms with Crippen molar-refractivity contribution in [1.29, 1.82) is 0 Å². The molecule has 2 amide bonds. The topological polar surface area (TPSA) is 93.1 Å². The van der Waals surface area contributed by atoms with Crippen LogP contribution in [0, 0.1) is 0 Å². The number of unbranched alkanes of at least 4 members (excludes halogenated alkanes) is 2. The van der Waals surface area contributed by atoms with E-state index in [2.05, 4.69) is 22.9 Å². The minimum absolute atomic E-state index is 0.108. The zero-order valence-electron chi connectivity index (χ0n) is 18.6. The number of amides is 2. The standard InChI is InChI=1S/C25H27ClN4O3/c1-2-3-6-16-30-23(32)20-9-5-4-8-19(20)21(29-30)22(31)27-28-24(33)25(14-7-15-25)17-10-12-18(26)13-11-17/h4-5,8-13H,2-3,6-7,14-16H2,1H3,(H,27,31)(H,28,33). The Balaban J connectivity index is 1.56. The first-order chi connectivity index (χ1) is 16.0. The summed E-state index contributed by atoms with van der Waals surface area (Å²) in [5.74, 6) is -0.834. The number of halogens is 1. The maximum Gasteiger partial charge on any atom is 0.290 e. The van der Waals surface area contributed by atoms with E-state index in [0.717, 1.165) is 31.2 Å². The van der Waals surface area contributed by atoms with Crippen LogP contribution in [0.25, 0.3) is 10.8 Å². The van der Waals surface area contributed by atoms with Crippen LogP contribution in [0.15, 0.2) is 53.3 Å². The summed E-state index contributed by atoms with van der Waals surface area (Å²) in [6.07, 6.45) is 5.09. The first kappa shape index (κ1) is 23.0. The predicted octanol–water partition coefficient (Wildman–Crippen LogP) is 4.12. The molecule has 1 aromatic heterocycles. The third-order valence-corrected chi connectivity index (χ3v) is 6.64. The number of carbonyl (C=O) groups is 2. The molecule has 0 bridgehead atoms. The van der Waals surface area contributed by atoms with Crippen LogP contribution < -0.4 is 16.4 Å². The molecule has 0 radical (unpaired) electrons. The maximum absolute atomic E-state index is 13.1. The van der Waals surface area contributed by atoms with E-state index in [4.69, 9.17) is 11.6 Å². The van der Waals surface area contributed by atoms with Gasteiger partial charge in [0.25, 0.3) is 11.5 Å². The molecule has 0 atom stereocenters. The zero-order chi connectivity index (χ0) is 23.4. The summed E-state index contributed by atoms with van der Waals surface area (Å²) in [5, 5.41) is 5.83. The summed E-state index contributed by atoms with van der Waals surface area (Å²) in [6.45, 7) is 2.51. The summed E-state index contributed by atoms with van der Waals surface area (Å²) in [5.41, 5.74) is 5.18. The van der Waals surface area contributed by atoms with E-state index in [0.29, 0.717) is 35.2 Å². The fraction of sp³-hybridized carbons (Fsp3) is 0.360. The van der Waals surface area contributed by atoms with E-state index in [1.54, 1.807) is 36.4 Å². The molecule has 0 spiro atoms. The first-order valence-electron chi connectivity index (χ1n) is 11.3. The van der Waals surface area contributed by atoms with Gasteiger partial charge in [0.05, 0.1) is 10.8 Å². The van der Waals surface area contributed by atoms with E-state index >= 15 is 0 Å². The molecule has 4 rings (SSSR count). The lowest BCUT2D eigenvalue weighted by Gasteiger charge is -2.40. The molecule has 1 aliphatic rings. The number of aryl methyl sites for hydroxylation is 1. The second-order valence-corrected chi connectivity index (χ2v) is 8.92. The van der Waals surface area contributed by atoms with Crippen molar-refractivity contribution in [2.45, 2.75) is 57.4 Å². The monoisotopic (exact) mass is 466 g/mol. The molecule has 2 aromatic carbocycles. The number of benzene rings is 2. The van der Waals surface area contributed by atoms with E-state index in [9.17, 15) is 14.4 Å². The number of hydrazine groups is 1. The third kappa shape index (κ3) is 4.50. The normalized spacial score (nSPS) is 14.5. The van der Waals surface area contributed by atoms with Crippen LogP contribution in [-0.4, -0.2) is 21.6 Å². The van der Waals surface area contributed by atoms with Crippen LogP contribution in [0.4, 0.5) is 0 Å². The number of nitrogens with zero attached hydrogens (tertiary/aromatic N) is 2. The molecule has 1 saturated carbocycles. The van der Waals surface area contributed by atoms with E-state index in [1.807, 2.05) is 12.1 Å². The molecule has 8 heteroatoms. The Labute approximate surface area is 197 Å². The lowest BCUT2D eigenvalue weighted by atomic mass is 9.64. The first-order valence-corrected chi connectivity index (χ1v) is 11.7. The fourth-order valence-electron chi connectivity index (χ4n) is 4.30. The largest absolute Gasteiger partial charge is 0.290 e. The van der Waals surface area contributed by atoms with Gasteiger partial charge >= 0.3 is 0 Å². The Morgan fingerprint density at radius 3 is 2.36 bits per heavy atom. The minimum atomic E-state index is -0.688. The highest BCUT2D eigenvalue weighted by Crippen LogP contribution is 2.44. The molecule has 33 heavy (non-hydrogen) atoms. The maximum atomic E-state index is 13.1. The van der Waals surface area contributed by atoms with Gasteiger partial charge in [-0.15, -0.1) is 0 Å². The van der Waals surface area contributed by atoms with Gasteiger partial charge in [0.1, 0.15) is 0 Å². The van der Waals surface area contributed by atoms with Gasteiger partial charge in [0.2, 0.25) is 5.91 Å². The van der Waals surface area contributed by atoms with Gasteiger partial charge in [-0.2, -0.15) is 5.10 Å². The number of fused-ring (bicyclic) bond motifs is 1. The van der Waals surface area contributed by atoms with Gasteiger partial charge in [-0.05, 0) is 43.0 Å². The van der Waals surface area contributed by atoms with Crippen molar-refractivity contribution >= 4 is 34.2 Å². The van der Waals surface area contributed by atoms with Crippen molar-refractivity contribution in [3.8, 4) is 0 Å². The fourth-order valence-corrected chi connectivity index (χ4v) is 4.43. The van der Waals surface area contributed by atoms with Crippen molar-refractivity contribution in [3.05, 3.63) is 75.2 Å². The molecule has 0 unspecified atom stereocenters. The zero-order valence-corrected chi connectivity index (χ0v) is 19.3. The molecule has 0 aliphatic heterocycles. The van der Waals surface area contributed by atoms with Crippen LogP contribution >= 0.6 is 11.6 Å². The number of rotatable bonds is 7. The van der Waals surface area contributed by atoms with Crippen molar-refractivity contribution in [3.63, 3.8) is 0 Å². The minimum Gasteiger partial charge on any atom is -0.272 e. The molecule has 0 saturated heterocycles. The highest BCUT2D eigenvalue weighted by molar-refractivity contribution is 6.30. The smallest absolute Gasteiger partial charge is 0.272 e. The van der Waals surface area contributed by atoms with E-state index < -0.39 is 11.3 Å². The Morgan fingerprint density at radius 1 is 1.03 bits per heavy atom. The lowest BCUT2D eigenvalue weighted by molar-refractivity contribution is -0.130. The Kier molecular flexibility index (Phi) is 6.79. The molecule has 172 valence electrons. The van der Waals surface area contributed by atoms with Gasteiger partial charge in [-0.3, -0.25) is 25.2 Å². The summed E-state index contributed by atoms with van der Waals surface area (Å²) in [7, 11) is 0. The second kappa shape index (κ2) is 9.75. The Hall–Kier alpha value is -3.19. The van der Waals surface area contributed by atoms with Gasteiger partial charge < -0.3 is 0 Å². The number of nitrogens with one attached hydrogen (secondary N) is 2. The number of carbonyl (C=O) groups excluding carboxylic acids is 2. The van der Waals surface area contributed by atoms with Crippen molar-refractivity contribution < 1.29 is 9.59 Å². The SMILES string of the molecule is CCCCCn1nc(C(=O)NNC(=O)C2(c3ccc(Cl)cc3)CCC2)c2ccccc2c1=O. The number of aromatic nitrogens is 2. The van der Waals surface area contributed by atoms with Crippen LogP contribution in [0.1, 0.15) is 61.5 Å². The quantitative estimate of drug-likeness (QED) is 0.404. The molecule has 1 heterocycles. The Bertz CT molecular complexity index is 1230. The average molecular weight is 467 g/mol. The summed E-state index contributed by atoms with van der Waals surface area (Å²) in [4.78, 5) is 39.0. The van der Waals surface area contributed by atoms with Crippen LogP contribution in [0.2, 0.25) is 5.02 Å². The molecular weight excluding hydrogens is 440 g/mol.